The Morgan fingerprint density at radius 3 is 2.32 bits per heavy atom. The second-order valence-corrected chi connectivity index (χ2v) is 5.69. The maximum absolute atomic E-state index is 13.2. The lowest BCUT2D eigenvalue weighted by atomic mass is 10.1. The van der Waals surface area contributed by atoms with Crippen molar-refractivity contribution in [1.82, 2.24) is 9.88 Å². The molecule has 0 radical (unpaired) electrons. The predicted molar refractivity (Wildman–Crippen MR) is 83.8 cm³/mol. The quantitative estimate of drug-likeness (QED) is 0.778. The van der Waals surface area contributed by atoms with Crippen LogP contribution in [0, 0.1) is 5.82 Å². The highest BCUT2D eigenvalue weighted by Gasteiger charge is 2.31. The van der Waals surface area contributed by atoms with Crippen molar-refractivity contribution in [3.8, 4) is 0 Å². The van der Waals surface area contributed by atoms with Gasteiger partial charge in [0.1, 0.15) is 11.6 Å². The van der Waals surface area contributed by atoms with Crippen LogP contribution in [0.15, 0.2) is 42.6 Å². The molecular formula is C17H15F4N3O. The van der Waals surface area contributed by atoms with Gasteiger partial charge in [0, 0.05) is 37.9 Å². The fourth-order valence-corrected chi connectivity index (χ4v) is 2.68. The number of aromatic nitrogens is 1. The van der Waals surface area contributed by atoms with Gasteiger partial charge >= 0.3 is 6.18 Å². The first-order valence-corrected chi connectivity index (χ1v) is 7.67. The molecule has 1 saturated heterocycles. The number of hydrogen-bond donors (Lipinski definition) is 0. The Labute approximate surface area is 141 Å². The van der Waals surface area contributed by atoms with Gasteiger partial charge < -0.3 is 9.80 Å². The van der Waals surface area contributed by atoms with Crippen molar-refractivity contribution >= 4 is 11.7 Å². The van der Waals surface area contributed by atoms with Gasteiger partial charge in [0.15, 0.2) is 0 Å². The number of pyridine rings is 1. The maximum atomic E-state index is 13.2. The first-order chi connectivity index (χ1) is 11.8. The monoisotopic (exact) mass is 353 g/mol. The number of alkyl halides is 3. The largest absolute Gasteiger partial charge is 0.417 e. The third kappa shape index (κ3) is 3.89. The van der Waals surface area contributed by atoms with Gasteiger partial charge in [-0.1, -0.05) is 6.07 Å². The van der Waals surface area contributed by atoms with Gasteiger partial charge in [-0.3, -0.25) is 4.79 Å². The number of carbonyl (C=O) groups excluding carboxylic acids is 1. The molecule has 0 spiro atoms. The van der Waals surface area contributed by atoms with E-state index >= 15 is 0 Å². The molecule has 1 aliphatic heterocycles. The van der Waals surface area contributed by atoms with Gasteiger partial charge in [0.05, 0.1) is 5.56 Å². The first-order valence-electron chi connectivity index (χ1n) is 7.67. The van der Waals surface area contributed by atoms with Gasteiger partial charge in [0.25, 0.3) is 5.91 Å². The van der Waals surface area contributed by atoms with Crippen LogP contribution in [0.3, 0.4) is 0 Å². The zero-order valence-electron chi connectivity index (χ0n) is 13.1. The molecule has 25 heavy (non-hydrogen) atoms. The van der Waals surface area contributed by atoms with Crippen molar-refractivity contribution in [1.29, 1.82) is 0 Å². The number of anilines is 1. The van der Waals surface area contributed by atoms with Gasteiger partial charge in [-0.15, -0.1) is 0 Å². The summed E-state index contributed by atoms with van der Waals surface area (Å²) in [7, 11) is 0. The van der Waals surface area contributed by atoms with E-state index in [9.17, 15) is 22.4 Å². The number of amides is 1. The second-order valence-electron chi connectivity index (χ2n) is 5.69. The Balaban J connectivity index is 1.63. The van der Waals surface area contributed by atoms with E-state index in [1.807, 2.05) is 4.90 Å². The number of nitrogens with zero attached hydrogens (tertiary/aromatic N) is 3. The van der Waals surface area contributed by atoms with Gasteiger partial charge in [-0.05, 0) is 30.3 Å². The number of halogens is 4. The van der Waals surface area contributed by atoms with E-state index in [4.69, 9.17) is 0 Å². The van der Waals surface area contributed by atoms with E-state index in [1.165, 1.54) is 24.3 Å². The molecule has 1 amide bonds. The summed E-state index contributed by atoms with van der Waals surface area (Å²) in [5, 5.41) is 0. The zero-order chi connectivity index (χ0) is 18.0. The Kier molecular flexibility index (Phi) is 4.61. The number of benzene rings is 1. The molecule has 4 nitrogen and oxygen atoms in total. The smallest absolute Gasteiger partial charge is 0.353 e. The van der Waals surface area contributed by atoms with Crippen molar-refractivity contribution < 1.29 is 22.4 Å². The van der Waals surface area contributed by atoms with Crippen LogP contribution in [0.25, 0.3) is 0 Å². The molecule has 0 N–H and O–H groups in total. The van der Waals surface area contributed by atoms with E-state index in [0.717, 1.165) is 12.3 Å². The van der Waals surface area contributed by atoms with E-state index in [1.54, 1.807) is 11.0 Å². The summed E-state index contributed by atoms with van der Waals surface area (Å²) in [6.45, 7) is 1.66. The number of carbonyl (C=O) groups is 1. The van der Waals surface area contributed by atoms with Gasteiger partial charge in [0.2, 0.25) is 0 Å². The van der Waals surface area contributed by atoms with Gasteiger partial charge in [-0.25, -0.2) is 9.37 Å². The Bertz CT molecular complexity index is 753. The minimum Gasteiger partial charge on any atom is -0.353 e. The summed E-state index contributed by atoms with van der Waals surface area (Å²) in [6, 6.07) is 7.80. The van der Waals surface area contributed by atoms with Crippen LogP contribution in [0.2, 0.25) is 0 Å². The van der Waals surface area contributed by atoms with E-state index in [2.05, 4.69) is 4.98 Å². The lowest BCUT2D eigenvalue weighted by Gasteiger charge is -2.35. The molecule has 1 aliphatic rings. The van der Waals surface area contributed by atoms with Crippen LogP contribution >= 0.6 is 0 Å². The van der Waals surface area contributed by atoms with E-state index in [-0.39, 0.29) is 11.5 Å². The normalized spacial score (nSPS) is 15.4. The fraction of sp³-hybridized carbons (Fsp3) is 0.294. The van der Waals surface area contributed by atoms with E-state index in [0.29, 0.717) is 32.0 Å². The molecule has 0 unspecified atom stereocenters. The molecular weight excluding hydrogens is 338 g/mol. The summed E-state index contributed by atoms with van der Waals surface area (Å²) in [4.78, 5) is 19.6. The average molecular weight is 353 g/mol. The van der Waals surface area contributed by atoms with E-state index < -0.39 is 17.6 Å². The van der Waals surface area contributed by atoms with Crippen molar-refractivity contribution in [3.05, 3.63) is 59.5 Å². The maximum Gasteiger partial charge on any atom is 0.417 e. The highest BCUT2D eigenvalue weighted by molar-refractivity contribution is 5.94. The highest BCUT2D eigenvalue weighted by Crippen LogP contribution is 2.29. The molecule has 8 heteroatoms. The number of rotatable bonds is 2. The molecule has 1 aromatic heterocycles. The summed E-state index contributed by atoms with van der Waals surface area (Å²) in [6.07, 6.45) is -3.61. The lowest BCUT2D eigenvalue weighted by molar-refractivity contribution is -0.137. The number of piperazine rings is 1. The first kappa shape index (κ1) is 17.2. The minimum absolute atomic E-state index is 0.264. The molecule has 2 aromatic rings. The Morgan fingerprint density at radius 1 is 1.04 bits per heavy atom. The van der Waals surface area contributed by atoms with Crippen LogP contribution in [0.5, 0.6) is 0 Å². The zero-order valence-corrected chi connectivity index (χ0v) is 13.1. The highest BCUT2D eigenvalue weighted by atomic mass is 19.4. The van der Waals surface area contributed by atoms with Crippen LogP contribution in [-0.2, 0) is 6.18 Å². The second kappa shape index (κ2) is 6.70. The van der Waals surface area contributed by atoms with Gasteiger partial charge in [-0.2, -0.15) is 13.2 Å². The average Bonchev–Trinajstić information content (AvgIpc) is 2.61. The molecule has 132 valence electrons. The molecule has 0 atom stereocenters. The third-order valence-corrected chi connectivity index (χ3v) is 4.04. The summed E-state index contributed by atoms with van der Waals surface area (Å²) < 4.78 is 50.9. The molecule has 3 rings (SSSR count). The van der Waals surface area contributed by atoms with Crippen molar-refractivity contribution in [2.45, 2.75) is 6.18 Å². The molecule has 2 heterocycles. The number of hydrogen-bond acceptors (Lipinski definition) is 3. The van der Waals surface area contributed by atoms with Crippen molar-refractivity contribution in [2.24, 2.45) is 0 Å². The molecule has 0 bridgehead atoms. The minimum atomic E-state index is -4.42. The van der Waals surface area contributed by atoms with Crippen molar-refractivity contribution in [3.63, 3.8) is 0 Å². The van der Waals surface area contributed by atoms with Crippen molar-refractivity contribution in [2.75, 3.05) is 31.1 Å². The summed E-state index contributed by atoms with van der Waals surface area (Å²) >= 11 is 0. The summed E-state index contributed by atoms with van der Waals surface area (Å²) in [5.41, 5.74) is -0.516. The Morgan fingerprint density at radius 2 is 1.76 bits per heavy atom. The topological polar surface area (TPSA) is 36.4 Å². The fourth-order valence-electron chi connectivity index (χ4n) is 2.68. The molecule has 0 aliphatic carbocycles. The van der Waals surface area contributed by atoms with Crippen LogP contribution in [0.4, 0.5) is 23.4 Å². The predicted octanol–water partition coefficient (Wildman–Crippen LogP) is 3.20. The Hall–Kier alpha value is -2.64. The standard InChI is InChI=1S/C17H15F4N3O/c18-14-3-1-2-12(10-14)16(25)24-8-6-23(7-9-24)15-5-4-13(11-22-15)17(19,20)21/h1-5,10-11H,6-9H2. The van der Waals surface area contributed by atoms with Crippen LogP contribution in [-0.4, -0.2) is 42.0 Å². The molecule has 0 saturated carbocycles. The van der Waals surface area contributed by atoms with Crippen LogP contribution in [0.1, 0.15) is 15.9 Å². The lowest BCUT2D eigenvalue weighted by Crippen LogP contribution is -2.49. The third-order valence-electron chi connectivity index (χ3n) is 4.04. The molecule has 1 aromatic carbocycles. The van der Waals surface area contributed by atoms with Crippen LogP contribution < -0.4 is 4.90 Å². The molecule has 1 fully saturated rings. The summed E-state index contributed by atoms with van der Waals surface area (Å²) in [5.74, 6) is -0.302. The SMILES string of the molecule is O=C(c1cccc(F)c1)N1CCN(c2ccc(C(F)(F)F)cn2)CC1.